The van der Waals surface area contributed by atoms with E-state index in [1.165, 1.54) is 13.5 Å². The molecule has 1 unspecified atom stereocenters. The maximum atomic E-state index is 12.1. The van der Waals surface area contributed by atoms with Gasteiger partial charge < -0.3 is 18.9 Å². The van der Waals surface area contributed by atoms with Gasteiger partial charge in [-0.05, 0) is 50.9 Å². The van der Waals surface area contributed by atoms with E-state index in [-0.39, 0.29) is 42.1 Å². The molecule has 2 aliphatic heterocycles. The van der Waals surface area contributed by atoms with Crippen LogP contribution in [0.5, 0.6) is 0 Å². The van der Waals surface area contributed by atoms with Crippen LogP contribution in [0.25, 0.3) is 0 Å². The molecule has 28 heavy (non-hydrogen) atoms. The number of hydrogen-bond donors (Lipinski definition) is 0. The summed E-state index contributed by atoms with van der Waals surface area (Å²) in [5.41, 5.74) is 0. The Labute approximate surface area is 167 Å². The van der Waals surface area contributed by atoms with E-state index in [1.807, 2.05) is 0 Å². The highest BCUT2D eigenvalue weighted by Crippen LogP contribution is 2.46. The molecule has 0 bridgehead atoms. The maximum Gasteiger partial charge on any atom is 0.309 e. The van der Waals surface area contributed by atoms with Crippen LogP contribution in [-0.4, -0.2) is 44.7 Å². The Balaban J connectivity index is 1.30. The lowest BCUT2D eigenvalue weighted by Gasteiger charge is -2.22. The van der Waals surface area contributed by atoms with E-state index in [9.17, 15) is 9.59 Å². The van der Waals surface area contributed by atoms with Crippen LogP contribution in [-0.2, 0) is 28.5 Å². The fourth-order valence-corrected chi connectivity index (χ4v) is 4.65. The van der Waals surface area contributed by atoms with E-state index >= 15 is 0 Å². The number of methoxy groups -OCH3 is 1. The van der Waals surface area contributed by atoms with E-state index in [2.05, 4.69) is 12.2 Å². The van der Waals surface area contributed by atoms with Gasteiger partial charge in [-0.25, -0.2) is 0 Å². The van der Waals surface area contributed by atoms with Crippen molar-refractivity contribution in [1.29, 1.82) is 0 Å². The molecule has 5 atom stereocenters. The minimum Gasteiger partial charge on any atom is -0.469 e. The first kappa shape index (κ1) is 21.3. The second-order valence-electron chi connectivity index (χ2n) is 8.14. The molecule has 1 saturated carbocycles. The maximum absolute atomic E-state index is 12.1. The predicted molar refractivity (Wildman–Crippen MR) is 103 cm³/mol. The summed E-state index contributed by atoms with van der Waals surface area (Å²) in [5, 5.41) is 0. The Bertz CT molecular complexity index is 539. The van der Waals surface area contributed by atoms with Crippen LogP contribution >= 0.6 is 0 Å². The third-order valence-electron chi connectivity index (χ3n) is 6.18. The Morgan fingerprint density at radius 3 is 2.86 bits per heavy atom. The van der Waals surface area contributed by atoms with E-state index in [0.29, 0.717) is 12.8 Å². The molecule has 0 N–H and O–H groups in total. The van der Waals surface area contributed by atoms with Gasteiger partial charge in [-0.1, -0.05) is 25.0 Å². The van der Waals surface area contributed by atoms with Gasteiger partial charge in [0.25, 0.3) is 0 Å². The van der Waals surface area contributed by atoms with Crippen molar-refractivity contribution in [3.05, 3.63) is 12.2 Å². The molecule has 3 fully saturated rings. The second-order valence-corrected chi connectivity index (χ2v) is 8.14. The number of esters is 2. The summed E-state index contributed by atoms with van der Waals surface area (Å²) in [6, 6.07) is 0. The number of fused-ring (bicyclic) bond motifs is 1. The first-order valence-electron chi connectivity index (χ1n) is 10.9. The summed E-state index contributed by atoms with van der Waals surface area (Å²) >= 11 is 0. The zero-order chi connectivity index (χ0) is 19.8. The quantitative estimate of drug-likeness (QED) is 0.319. The van der Waals surface area contributed by atoms with Crippen molar-refractivity contribution < 1.29 is 28.5 Å². The number of rotatable bonds is 10. The summed E-state index contributed by atoms with van der Waals surface area (Å²) in [4.78, 5) is 23.6. The molecular weight excluding hydrogens is 360 g/mol. The number of carbonyl (C=O) groups is 2. The van der Waals surface area contributed by atoms with Crippen LogP contribution in [0.3, 0.4) is 0 Å². The van der Waals surface area contributed by atoms with Crippen LogP contribution < -0.4 is 0 Å². The highest BCUT2D eigenvalue weighted by atomic mass is 16.7. The van der Waals surface area contributed by atoms with Crippen LogP contribution in [0.4, 0.5) is 0 Å². The van der Waals surface area contributed by atoms with Gasteiger partial charge in [0.05, 0.1) is 19.4 Å². The highest BCUT2D eigenvalue weighted by Gasteiger charge is 2.51. The molecule has 3 aliphatic rings. The van der Waals surface area contributed by atoms with Crippen molar-refractivity contribution in [2.75, 3.05) is 20.3 Å². The largest absolute Gasteiger partial charge is 0.469 e. The molecule has 0 aromatic heterocycles. The molecule has 1 aliphatic carbocycles. The van der Waals surface area contributed by atoms with E-state index in [4.69, 9.17) is 18.9 Å². The Hall–Kier alpha value is -1.40. The molecule has 3 rings (SSSR count). The lowest BCUT2D eigenvalue weighted by Crippen LogP contribution is -2.22. The van der Waals surface area contributed by atoms with E-state index < -0.39 is 0 Å². The van der Waals surface area contributed by atoms with Crippen molar-refractivity contribution in [2.24, 2.45) is 17.8 Å². The molecule has 0 radical (unpaired) electrons. The molecule has 0 amide bonds. The Morgan fingerprint density at radius 1 is 1.21 bits per heavy atom. The van der Waals surface area contributed by atoms with Crippen LogP contribution in [0.1, 0.15) is 64.2 Å². The van der Waals surface area contributed by atoms with Gasteiger partial charge in [0.1, 0.15) is 6.10 Å². The zero-order valence-corrected chi connectivity index (χ0v) is 17.0. The fraction of sp³-hybridized carbons (Fsp3) is 0.818. The van der Waals surface area contributed by atoms with Crippen LogP contribution in [0.15, 0.2) is 12.2 Å². The molecule has 0 aromatic carbocycles. The third-order valence-corrected chi connectivity index (χ3v) is 6.18. The van der Waals surface area contributed by atoms with Crippen molar-refractivity contribution in [2.45, 2.75) is 76.6 Å². The minimum absolute atomic E-state index is 0.0149. The molecule has 6 heteroatoms. The number of hydrogen-bond acceptors (Lipinski definition) is 6. The van der Waals surface area contributed by atoms with Crippen molar-refractivity contribution >= 4 is 11.9 Å². The summed E-state index contributed by atoms with van der Waals surface area (Å²) in [5.74, 6) is -0.358. The molecule has 2 heterocycles. The summed E-state index contributed by atoms with van der Waals surface area (Å²) in [7, 11) is 1.42. The molecular formula is C22H34O6. The number of allylic oxidation sites excluding steroid dienone is 2. The summed E-state index contributed by atoms with van der Waals surface area (Å²) in [6.07, 6.45) is 14.1. The van der Waals surface area contributed by atoms with Crippen molar-refractivity contribution in [3.8, 4) is 0 Å². The van der Waals surface area contributed by atoms with Gasteiger partial charge in [0.2, 0.25) is 0 Å². The molecule has 2 saturated heterocycles. The average Bonchev–Trinajstić information content (AvgIpc) is 3.23. The Kier molecular flexibility index (Phi) is 8.34. The van der Waals surface area contributed by atoms with E-state index in [0.717, 1.165) is 58.2 Å². The highest BCUT2D eigenvalue weighted by molar-refractivity contribution is 5.76. The smallest absolute Gasteiger partial charge is 0.309 e. The SMILES string of the molecule is COC(=O)[C@H]1C[C@H]2OC(=O)C[C@@H]2[C@@H]1C=CCCCCCCOC1CCCCO1. The number of ether oxygens (including phenoxy) is 4. The monoisotopic (exact) mass is 394 g/mol. The van der Waals surface area contributed by atoms with Crippen molar-refractivity contribution in [3.63, 3.8) is 0 Å². The van der Waals surface area contributed by atoms with Crippen LogP contribution in [0, 0.1) is 17.8 Å². The molecule has 0 spiro atoms. The first-order valence-corrected chi connectivity index (χ1v) is 10.9. The molecule has 6 nitrogen and oxygen atoms in total. The summed E-state index contributed by atoms with van der Waals surface area (Å²) in [6.45, 7) is 1.61. The van der Waals surface area contributed by atoms with Gasteiger partial charge in [-0.3, -0.25) is 9.59 Å². The average molecular weight is 395 g/mol. The second kappa shape index (κ2) is 11.0. The lowest BCUT2D eigenvalue weighted by molar-refractivity contribution is -0.162. The molecule has 158 valence electrons. The van der Waals surface area contributed by atoms with Gasteiger partial charge in [0, 0.05) is 19.1 Å². The van der Waals surface area contributed by atoms with Gasteiger partial charge in [0.15, 0.2) is 6.29 Å². The first-order chi connectivity index (χ1) is 13.7. The molecule has 0 aromatic rings. The van der Waals surface area contributed by atoms with E-state index in [1.54, 1.807) is 0 Å². The number of unbranched alkanes of at least 4 members (excludes halogenated alkanes) is 4. The van der Waals surface area contributed by atoms with Crippen molar-refractivity contribution in [1.82, 2.24) is 0 Å². The topological polar surface area (TPSA) is 71.1 Å². The van der Waals surface area contributed by atoms with Gasteiger partial charge in [-0.15, -0.1) is 0 Å². The standard InChI is InChI=1S/C22H34O6/c1-25-22(24)18-14-19-17(15-20(23)28-19)16(18)10-6-4-2-3-5-8-12-26-21-11-7-9-13-27-21/h6,10,16-19,21H,2-5,7-9,11-15H2,1H3/t16-,17+,18-,19+,21?/m0/s1. The predicted octanol–water partition coefficient (Wildman–Crippen LogP) is 3.78. The minimum atomic E-state index is -0.193. The van der Waals surface area contributed by atoms with Gasteiger partial charge in [-0.2, -0.15) is 0 Å². The third kappa shape index (κ3) is 5.80. The summed E-state index contributed by atoms with van der Waals surface area (Å²) < 4.78 is 21.6. The number of carbonyl (C=O) groups excluding carboxylic acids is 2. The Morgan fingerprint density at radius 2 is 2.07 bits per heavy atom. The zero-order valence-electron chi connectivity index (χ0n) is 17.0. The van der Waals surface area contributed by atoms with Crippen LogP contribution in [0.2, 0.25) is 0 Å². The normalized spacial score (nSPS) is 32.5. The lowest BCUT2D eigenvalue weighted by atomic mass is 9.87. The fourth-order valence-electron chi connectivity index (χ4n) is 4.65. The van der Waals surface area contributed by atoms with Gasteiger partial charge >= 0.3 is 11.9 Å².